The molecule has 2 N–H and O–H groups in total. The van der Waals surface area contributed by atoms with Crippen molar-refractivity contribution < 1.29 is 41.5 Å². The number of esters is 1. The summed E-state index contributed by atoms with van der Waals surface area (Å²) in [6.45, 7) is 7.67. The van der Waals surface area contributed by atoms with E-state index in [1.165, 1.54) is 38.5 Å². The molecule has 0 aromatic rings. The molecule has 0 saturated heterocycles. The minimum atomic E-state index is -0.0969. The SMILES string of the molecule is C=CCOC(=O)CCCCCCCCCC[CH2-].CO.CO.[Ti]. The van der Waals surface area contributed by atoms with Crippen molar-refractivity contribution in [2.24, 2.45) is 0 Å². The summed E-state index contributed by atoms with van der Waals surface area (Å²) in [7, 11) is 2.00. The minimum absolute atomic E-state index is 0. The Bertz CT molecular complexity index is 199. The predicted molar refractivity (Wildman–Crippen MR) is 89.0 cm³/mol. The van der Waals surface area contributed by atoms with E-state index in [2.05, 4.69) is 13.5 Å². The first-order valence-electron chi connectivity index (χ1n) is 7.76. The molecular weight excluding hydrogens is 316 g/mol. The molecule has 4 nitrogen and oxygen atoms in total. The van der Waals surface area contributed by atoms with Crippen LogP contribution < -0.4 is 0 Å². The number of carbonyl (C=O) groups excluding carboxylic acids is 1. The fourth-order valence-electron chi connectivity index (χ4n) is 1.73. The molecule has 0 radical (unpaired) electrons. The van der Waals surface area contributed by atoms with Gasteiger partial charge in [0.15, 0.2) is 0 Å². The van der Waals surface area contributed by atoms with E-state index in [9.17, 15) is 4.79 Å². The minimum Gasteiger partial charge on any atom is -0.461 e. The standard InChI is InChI=1S/C15H27O2.2CH4O.Ti/c1-3-5-6-7-8-9-10-11-12-13-15(16)17-14-4-2;2*1-2;/h4H,1-3,5-14H2;2*2H,1H3;/q-1;;;. The number of hydrogen-bond acceptors (Lipinski definition) is 4. The molecule has 0 fully saturated rings. The molecule has 0 bridgehead atoms. The van der Waals surface area contributed by atoms with Gasteiger partial charge < -0.3 is 21.9 Å². The fraction of sp³-hybridized carbons (Fsp3) is 0.765. The molecule has 0 aromatic heterocycles. The van der Waals surface area contributed by atoms with Gasteiger partial charge in [-0.05, 0) is 6.42 Å². The number of aliphatic hydroxyl groups excluding tert-OH is 2. The van der Waals surface area contributed by atoms with E-state index < -0.39 is 0 Å². The zero-order valence-corrected chi connectivity index (χ0v) is 16.0. The predicted octanol–water partition coefficient (Wildman–Crippen LogP) is 3.67. The Morgan fingerprint density at radius 1 is 0.955 bits per heavy atom. The number of ether oxygens (including phenoxy) is 1. The number of rotatable bonds is 12. The van der Waals surface area contributed by atoms with Crippen molar-refractivity contribution in [3.63, 3.8) is 0 Å². The summed E-state index contributed by atoms with van der Waals surface area (Å²) in [6.07, 6.45) is 13.1. The molecule has 0 aliphatic heterocycles. The van der Waals surface area contributed by atoms with Gasteiger partial charge in [-0.25, -0.2) is 0 Å². The molecule has 0 amide bonds. The Morgan fingerprint density at radius 3 is 1.77 bits per heavy atom. The van der Waals surface area contributed by atoms with Crippen LogP contribution in [0, 0.1) is 6.92 Å². The number of unbranched alkanes of at least 4 members (excludes halogenated alkanes) is 8. The average molecular weight is 351 g/mol. The molecule has 0 heterocycles. The van der Waals surface area contributed by atoms with E-state index in [1.807, 2.05) is 0 Å². The first-order valence-corrected chi connectivity index (χ1v) is 7.76. The van der Waals surface area contributed by atoms with E-state index in [0.29, 0.717) is 13.0 Å². The Morgan fingerprint density at radius 2 is 1.36 bits per heavy atom. The van der Waals surface area contributed by atoms with Crippen molar-refractivity contribution >= 4 is 5.97 Å². The van der Waals surface area contributed by atoms with Crippen LogP contribution in [0.1, 0.15) is 64.2 Å². The van der Waals surface area contributed by atoms with Gasteiger partial charge in [-0.3, -0.25) is 4.79 Å². The second-order valence-corrected chi connectivity index (χ2v) is 4.40. The molecule has 0 atom stereocenters. The van der Waals surface area contributed by atoms with Crippen LogP contribution in [0.25, 0.3) is 0 Å². The third-order valence-electron chi connectivity index (χ3n) is 2.74. The molecule has 132 valence electrons. The molecule has 5 heteroatoms. The summed E-state index contributed by atoms with van der Waals surface area (Å²) in [4.78, 5) is 11.1. The monoisotopic (exact) mass is 351 g/mol. The van der Waals surface area contributed by atoms with Gasteiger partial charge >= 0.3 is 5.97 Å². The van der Waals surface area contributed by atoms with Crippen LogP contribution in [-0.4, -0.2) is 37.0 Å². The molecular formula is C17H35O4Ti-. The van der Waals surface area contributed by atoms with Gasteiger partial charge in [-0.15, -0.1) is 0 Å². The quantitative estimate of drug-likeness (QED) is 0.185. The number of carbonyl (C=O) groups is 1. The van der Waals surface area contributed by atoms with Crippen molar-refractivity contribution in [3.8, 4) is 0 Å². The van der Waals surface area contributed by atoms with Crippen LogP contribution in [0.15, 0.2) is 12.7 Å². The van der Waals surface area contributed by atoms with Gasteiger partial charge in [0.2, 0.25) is 0 Å². The summed E-state index contributed by atoms with van der Waals surface area (Å²) in [5.41, 5.74) is 0. The van der Waals surface area contributed by atoms with Crippen molar-refractivity contribution in [2.75, 3.05) is 20.8 Å². The van der Waals surface area contributed by atoms with E-state index in [4.69, 9.17) is 14.9 Å². The molecule has 22 heavy (non-hydrogen) atoms. The van der Waals surface area contributed by atoms with Gasteiger partial charge in [0.05, 0.1) is 0 Å². The smallest absolute Gasteiger partial charge is 0.306 e. The number of aliphatic hydroxyl groups is 2. The summed E-state index contributed by atoms with van der Waals surface area (Å²) in [5.74, 6) is -0.0969. The van der Waals surface area contributed by atoms with Crippen LogP contribution in [0.2, 0.25) is 0 Å². The molecule has 0 rings (SSSR count). The van der Waals surface area contributed by atoms with Crippen LogP contribution in [0.3, 0.4) is 0 Å². The van der Waals surface area contributed by atoms with Gasteiger partial charge in [0, 0.05) is 42.4 Å². The average Bonchev–Trinajstić information content (AvgIpc) is 2.55. The molecule has 0 spiro atoms. The van der Waals surface area contributed by atoms with Crippen LogP contribution in [0.4, 0.5) is 0 Å². The zero-order chi connectivity index (χ0) is 16.8. The summed E-state index contributed by atoms with van der Waals surface area (Å²) in [6, 6.07) is 0. The normalized spacial score (nSPS) is 8.41. The fourth-order valence-corrected chi connectivity index (χ4v) is 1.73. The maximum Gasteiger partial charge on any atom is 0.306 e. The molecule has 0 aliphatic rings. The Hall–Kier alpha value is -0.156. The van der Waals surface area contributed by atoms with Crippen molar-refractivity contribution in [1.29, 1.82) is 0 Å². The van der Waals surface area contributed by atoms with Crippen molar-refractivity contribution in [3.05, 3.63) is 19.6 Å². The Balaban J connectivity index is -0.000000297. The third-order valence-corrected chi connectivity index (χ3v) is 2.74. The maximum atomic E-state index is 11.1. The summed E-state index contributed by atoms with van der Waals surface area (Å²) < 4.78 is 4.90. The van der Waals surface area contributed by atoms with Gasteiger partial charge in [0.25, 0.3) is 0 Å². The van der Waals surface area contributed by atoms with E-state index in [-0.39, 0.29) is 27.7 Å². The van der Waals surface area contributed by atoms with Gasteiger partial charge in [0.1, 0.15) is 6.61 Å². The van der Waals surface area contributed by atoms with Crippen molar-refractivity contribution in [2.45, 2.75) is 64.2 Å². The van der Waals surface area contributed by atoms with Crippen LogP contribution in [0.5, 0.6) is 0 Å². The first-order chi connectivity index (χ1) is 10.3. The summed E-state index contributed by atoms with van der Waals surface area (Å²) in [5, 5.41) is 14.0. The largest absolute Gasteiger partial charge is 0.461 e. The van der Waals surface area contributed by atoms with E-state index in [0.717, 1.165) is 33.5 Å². The second-order valence-electron chi connectivity index (χ2n) is 4.40. The maximum absolute atomic E-state index is 11.1. The van der Waals surface area contributed by atoms with E-state index >= 15 is 0 Å². The topological polar surface area (TPSA) is 66.8 Å². The summed E-state index contributed by atoms with van der Waals surface area (Å²) >= 11 is 0. The first kappa shape index (κ1) is 29.8. The third kappa shape index (κ3) is 32.0. The molecule has 0 saturated carbocycles. The van der Waals surface area contributed by atoms with Crippen LogP contribution >= 0.6 is 0 Å². The molecule has 0 aliphatic carbocycles. The Labute approximate surface area is 152 Å². The van der Waals surface area contributed by atoms with Crippen molar-refractivity contribution in [1.82, 2.24) is 0 Å². The second kappa shape index (κ2) is 32.7. The zero-order valence-electron chi connectivity index (χ0n) is 14.5. The van der Waals surface area contributed by atoms with Gasteiger partial charge in [-0.1, -0.05) is 57.6 Å². The molecule has 0 unspecified atom stereocenters. The number of hydrogen-bond donors (Lipinski definition) is 2. The van der Waals surface area contributed by atoms with Gasteiger partial charge in [-0.2, -0.15) is 6.42 Å². The van der Waals surface area contributed by atoms with E-state index in [1.54, 1.807) is 6.08 Å². The van der Waals surface area contributed by atoms with Crippen LogP contribution in [-0.2, 0) is 31.2 Å². The Kier molecular flexibility index (Phi) is 44.3. The molecule has 0 aromatic carbocycles.